The Morgan fingerprint density at radius 3 is 1.13 bits per heavy atom. The van der Waals surface area contributed by atoms with Gasteiger partial charge in [-0.15, -0.1) is 0 Å². The van der Waals surface area contributed by atoms with Crippen molar-refractivity contribution in [3.63, 3.8) is 0 Å². The van der Waals surface area contributed by atoms with Crippen LogP contribution in [0.3, 0.4) is 0 Å². The van der Waals surface area contributed by atoms with Crippen LogP contribution >= 0.6 is 0 Å². The van der Waals surface area contributed by atoms with Gasteiger partial charge < -0.3 is 28.8 Å². The second-order valence-corrected chi connectivity index (χ2v) is 12.9. The van der Waals surface area contributed by atoms with Gasteiger partial charge in [-0.2, -0.15) is 0 Å². The zero-order chi connectivity index (χ0) is 38.0. The van der Waals surface area contributed by atoms with Gasteiger partial charge in [0, 0.05) is 0 Å². The van der Waals surface area contributed by atoms with Gasteiger partial charge in [0.25, 0.3) is 0 Å². The Hall–Kier alpha value is -6.39. The van der Waals surface area contributed by atoms with Gasteiger partial charge in [-0.05, 0) is 53.1 Å². The molecular weight excluding hydrogens is 696 g/mol. The Balaban J connectivity index is 1.31. The highest BCUT2D eigenvalue weighted by Gasteiger charge is 2.53. The first-order valence-corrected chi connectivity index (χ1v) is 17.9. The summed E-state index contributed by atoms with van der Waals surface area (Å²) in [5.74, 6) is -2.37. The van der Waals surface area contributed by atoms with Crippen molar-refractivity contribution < 1.29 is 43.2 Å². The smallest absolute Gasteiger partial charge is 0.338 e. The van der Waals surface area contributed by atoms with Crippen LogP contribution in [0, 0.1) is 0 Å². The molecule has 0 radical (unpaired) electrons. The molecule has 5 atom stereocenters. The molecule has 6 aromatic rings. The quantitative estimate of drug-likeness (QED) is 0.0781. The standard InChI is InChI=1S/C46H38O9/c47-42(32-19-7-1-8-20-32)53-39-38(31-51-46(35-25-13-4-14-26-35,36-27-15-5-16-28-36)37-29-17-6-18-30-37)52-45(50)41(55-44(49)34-23-11-3-12-24-34)40(39)54-43(48)33-21-9-2-10-22-33/h1-30,38-41,45,50H,31H2/t38-,39-,40-,41+,45+/m1/s1. The highest BCUT2D eigenvalue weighted by atomic mass is 16.7. The van der Waals surface area contributed by atoms with Crippen molar-refractivity contribution in [1.82, 2.24) is 0 Å². The molecule has 1 aliphatic rings. The summed E-state index contributed by atoms with van der Waals surface area (Å²) in [6.07, 6.45) is -7.70. The van der Waals surface area contributed by atoms with E-state index < -0.39 is 54.2 Å². The van der Waals surface area contributed by atoms with Crippen LogP contribution in [0.1, 0.15) is 47.8 Å². The van der Waals surface area contributed by atoms with E-state index in [-0.39, 0.29) is 23.3 Å². The Kier molecular flexibility index (Phi) is 11.5. The minimum absolute atomic E-state index is 0.185. The van der Waals surface area contributed by atoms with E-state index in [1.54, 1.807) is 91.0 Å². The van der Waals surface area contributed by atoms with Crippen LogP contribution in [-0.4, -0.2) is 60.3 Å². The monoisotopic (exact) mass is 734 g/mol. The van der Waals surface area contributed by atoms with E-state index in [0.717, 1.165) is 16.7 Å². The zero-order valence-electron chi connectivity index (χ0n) is 29.6. The van der Waals surface area contributed by atoms with Crippen molar-refractivity contribution in [2.45, 2.75) is 36.3 Å². The maximum absolute atomic E-state index is 13.8. The fraction of sp³-hybridized carbons (Fsp3) is 0.152. The van der Waals surface area contributed by atoms with Crippen molar-refractivity contribution in [3.05, 3.63) is 215 Å². The molecule has 1 saturated heterocycles. The van der Waals surface area contributed by atoms with Gasteiger partial charge in [-0.25, -0.2) is 14.4 Å². The molecule has 0 bridgehead atoms. The van der Waals surface area contributed by atoms with Gasteiger partial charge in [0.15, 0.2) is 24.6 Å². The molecule has 0 spiro atoms. The van der Waals surface area contributed by atoms with Gasteiger partial charge >= 0.3 is 17.9 Å². The number of benzene rings is 6. The molecule has 1 N–H and O–H groups in total. The van der Waals surface area contributed by atoms with Crippen molar-refractivity contribution in [2.75, 3.05) is 6.61 Å². The molecule has 0 amide bonds. The maximum atomic E-state index is 13.8. The summed E-state index contributed by atoms with van der Waals surface area (Å²) in [5.41, 5.74) is 1.75. The lowest BCUT2D eigenvalue weighted by Gasteiger charge is -2.44. The Morgan fingerprint density at radius 1 is 0.455 bits per heavy atom. The molecule has 0 saturated carbocycles. The third kappa shape index (κ3) is 8.24. The molecule has 6 aromatic carbocycles. The minimum atomic E-state index is -1.83. The highest BCUT2D eigenvalue weighted by Crippen LogP contribution is 2.41. The first kappa shape index (κ1) is 36.9. The van der Waals surface area contributed by atoms with Crippen LogP contribution in [0.2, 0.25) is 0 Å². The summed E-state index contributed by atoms with van der Waals surface area (Å²) >= 11 is 0. The zero-order valence-corrected chi connectivity index (χ0v) is 29.6. The first-order valence-electron chi connectivity index (χ1n) is 17.9. The summed E-state index contributed by atoms with van der Waals surface area (Å²) in [4.78, 5) is 41.0. The largest absolute Gasteiger partial charge is 0.452 e. The van der Waals surface area contributed by atoms with Crippen LogP contribution in [-0.2, 0) is 29.3 Å². The molecule has 1 aliphatic heterocycles. The second-order valence-electron chi connectivity index (χ2n) is 12.9. The van der Waals surface area contributed by atoms with E-state index in [1.165, 1.54) is 0 Å². The molecule has 55 heavy (non-hydrogen) atoms. The van der Waals surface area contributed by atoms with E-state index in [9.17, 15) is 19.5 Å². The SMILES string of the molecule is O=C(O[C@H]1[C@H](OC(=O)c2ccccc2)[C@@H](O)O[C@H](COC(c2ccccc2)(c2ccccc2)c2ccccc2)[C@H]1OC(=O)c1ccccc1)c1ccccc1. The van der Waals surface area contributed by atoms with Crippen molar-refractivity contribution in [3.8, 4) is 0 Å². The van der Waals surface area contributed by atoms with E-state index in [0.29, 0.717) is 0 Å². The second kappa shape index (κ2) is 17.2. The number of hydrogen-bond donors (Lipinski definition) is 1. The Bertz CT molecular complexity index is 2050. The number of esters is 3. The highest BCUT2D eigenvalue weighted by molar-refractivity contribution is 5.91. The third-order valence-electron chi connectivity index (χ3n) is 9.37. The lowest BCUT2D eigenvalue weighted by Crippen LogP contribution is -2.62. The van der Waals surface area contributed by atoms with E-state index in [1.807, 2.05) is 91.0 Å². The number of hydrogen-bond acceptors (Lipinski definition) is 9. The van der Waals surface area contributed by atoms with Crippen molar-refractivity contribution in [2.24, 2.45) is 0 Å². The molecule has 1 fully saturated rings. The fourth-order valence-corrected chi connectivity index (χ4v) is 6.70. The summed E-state index contributed by atoms with van der Waals surface area (Å²) < 4.78 is 31.3. The Labute approximate surface area is 318 Å². The number of aliphatic hydroxyl groups is 1. The molecule has 0 unspecified atom stereocenters. The van der Waals surface area contributed by atoms with Crippen molar-refractivity contribution in [1.29, 1.82) is 0 Å². The van der Waals surface area contributed by atoms with Gasteiger partial charge in [0.2, 0.25) is 0 Å². The van der Waals surface area contributed by atoms with Crippen LogP contribution in [0.5, 0.6) is 0 Å². The first-order chi connectivity index (χ1) is 26.9. The third-order valence-corrected chi connectivity index (χ3v) is 9.37. The van der Waals surface area contributed by atoms with E-state index in [2.05, 4.69) is 0 Å². The van der Waals surface area contributed by atoms with Gasteiger partial charge in [-0.3, -0.25) is 0 Å². The summed E-state index contributed by atoms with van der Waals surface area (Å²) in [6, 6.07) is 53.5. The minimum Gasteiger partial charge on any atom is -0.452 e. The predicted octanol–water partition coefficient (Wildman–Crippen LogP) is 7.39. The lowest BCUT2D eigenvalue weighted by atomic mass is 9.80. The Morgan fingerprint density at radius 2 is 0.764 bits per heavy atom. The fourth-order valence-electron chi connectivity index (χ4n) is 6.70. The van der Waals surface area contributed by atoms with Crippen LogP contribution in [0.4, 0.5) is 0 Å². The average molecular weight is 735 g/mol. The number of aliphatic hydroxyl groups excluding tert-OH is 1. The van der Waals surface area contributed by atoms with Gasteiger partial charge in [-0.1, -0.05) is 146 Å². The molecule has 0 aromatic heterocycles. The predicted molar refractivity (Wildman–Crippen MR) is 203 cm³/mol. The molecule has 0 aliphatic carbocycles. The van der Waals surface area contributed by atoms with Crippen molar-refractivity contribution >= 4 is 17.9 Å². The normalized spacial score (nSPS) is 19.5. The molecule has 7 rings (SSSR count). The van der Waals surface area contributed by atoms with Gasteiger partial charge in [0.05, 0.1) is 23.3 Å². The molecule has 1 heterocycles. The van der Waals surface area contributed by atoms with E-state index >= 15 is 0 Å². The maximum Gasteiger partial charge on any atom is 0.338 e. The van der Waals surface area contributed by atoms with Crippen LogP contribution < -0.4 is 0 Å². The summed E-state index contributed by atoms with van der Waals surface area (Å²) in [6.45, 7) is -0.290. The molecular formula is C46H38O9. The number of carbonyl (C=O) groups is 3. The molecule has 9 nitrogen and oxygen atoms in total. The summed E-state index contributed by atoms with van der Waals surface area (Å²) in [7, 11) is 0. The summed E-state index contributed by atoms with van der Waals surface area (Å²) in [5, 5.41) is 11.7. The number of rotatable bonds is 12. The average Bonchev–Trinajstić information content (AvgIpc) is 3.25. The number of ether oxygens (including phenoxy) is 5. The molecule has 9 heteroatoms. The van der Waals surface area contributed by atoms with Crippen LogP contribution in [0.25, 0.3) is 0 Å². The topological polar surface area (TPSA) is 118 Å². The van der Waals surface area contributed by atoms with E-state index in [4.69, 9.17) is 23.7 Å². The van der Waals surface area contributed by atoms with Crippen LogP contribution in [0.15, 0.2) is 182 Å². The molecule has 276 valence electrons. The lowest BCUT2D eigenvalue weighted by molar-refractivity contribution is -0.289. The number of carbonyl (C=O) groups excluding carboxylic acids is 3. The van der Waals surface area contributed by atoms with Gasteiger partial charge in [0.1, 0.15) is 11.7 Å².